The second kappa shape index (κ2) is 9.39. The topological polar surface area (TPSA) is 72.5 Å². The number of nitrogens with one attached hydrogen (secondary N) is 1. The number of carbonyl (C=O) groups excluding carboxylic acids is 1. The minimum atomic E-state index is -3.63. The fourth-order valence-electron chi connectivity index (χ4n) is 2.73. The third-order valence-corrected chi connectivity index (χ3v) is 5.80. The van der Waals surface area contributed by atoms with E-state index in [0.29, 0.717) is 12.1 Å². The van der Waals surface area contributed by atoms with Crippen molar-refractivity contribution in [3.05, 3.63) is 95.6 Å². The average molecular weight is 410 g/mol. The first-order valence-corrected chi connectivity index (χ1v) is 10.8. The van der Waals surface area contributed by atoms with E-state index >= 15 is 0 Å². The third kappa shape index (κ3) is 6.19. The molecule has 0 radical (unpaired) electrons. The van der Waals surface area contributed by atoms with Crippen molar-refractivity contribution < 1.29 is 17.9 Å². The number of esters is 1. The van der Waals surface area contributed by atoms with Gasteiger partial charge in [0, 0.05) is 12.1 Å². The largest absolute Gasteiger partial charge is 0.461 e. The summed E-state index contributed by atoms with van der Waals surface area (Å²) in [4.78, 5) is 12.1. The second-order valence-corrected chi connectivity index (χ2v) is 8.44. The molecule has 3 aromatic carbocycles. The molecule has 0 spiro atoms. The first-order chi connectivity index (χ1) is 13.9. The molecule has 0 bridgehead atoms. The molecule has 0 atom stereocenters. The van der Waals surface area contributed by atoms with Crippen molar-refractivity contribution >= 4 is 21.7 Å². The zero-order valence-electron chi connectivity index (χ0n) is 16.2. The molecular weight excluding hydrogens is 386 g/mol. The fraction of sp³-hybridized carbons (Fsp3) is 0.174. The second-order valence-electron chi connectivity index (χ2n) is 6.76. The number of sulfonamides is 1. The molecule has 0 amide bonds. The molecule has 0 unspecified atom stereocenters. The Labute approximate surface area is 171 Å². The van der Waals surface area contributed by atoms with Crippen LogP contribution in [0.2, 0.25) is 0 Å². The number of ether oxygens (including phenoxy) is 1. The molecule has 3 aromatic rings. The Hall–Kier alpha value is -3.12. The van der Waals surface area contributed by atoms with Crippen LogP contribution < -0.4 is 4.72 Å². The number of rotatable bonds is 8. The van der Waals surface area contributed by atoms with Gasteiger partial charge in [0.2, 0.25) is 0 Å². The monoisotopic (exact) mass is 409 g/mol. The van der Waals surface area contributed by atoms with E-state index < -0.39 is 10.0 Å². The summed E-state index contributed by atoms with van der Waals surface area (Å²) in [7, 11) is -3.63. The van der Waals surface area contributed by atoms with Gasteiger partial charge >= 0.3 is 5.97 Å². The van der Waals surface area contributed by atoms with Crippen LogP contribution in [0, 0.1) is 6.92 Å². The molecule has 29 heavy (non-hydrogen) atoms. The molecule has 3 rings (SSSR count). The van der Waals surface area contributed by atoms with Gasteiger partial charge in [-0.25, -0.2) is 8.42 Å². The van der Waals surface area contributed by atoms with Crippen molar-refractivity contribution in [2.45, 2.75) is 31.3 Å². The molecule has 5 nitrogen and oxygen atoms in total. The van der Waals surface area contributed by atoms with Crippen molar-refractivity contribution in [2.75, 3.05) is 4.72 Å². The van der Waals surface area contributed by atoms with Crippen molar-refractivity contribution in [1.29, 1.82) is 0 Å². The Morgan fingerprint density at radius 3 is 2.17 bits per heavy atom. The van der Waals surface area contributed by atoms with Crippen LogP contribution >= 0.6 is 0 Å². The summed E-state index contributed by atoms with van der Waals surface area (Å²) in [5.74, 6) is -0.266. The van der Waals surface area contributed by atoms with Gasteiger partial charge in [0.1, 0.15) is 6.61 Å². The maximum atomic E-state index is 12.4. The van der Waals surface area contributed by atoms with Gasteiger partial charge in [0.05, 0.1) is 4.90 Å². The highest BCUT2D eigenvalue weighted by Gasteiger charge is 2.13. The van der Waals surface area contributed by atoms with Gasteiger partial charge in [0.15, 0.2) is 0 Å². The van der Waals surface area contributed by atoms with Gasteiger partial charge in [-0.2, -0.15) is 0 Å². The lowest BCUT2D eigenvalue weighted by atomic mass is 10.1. The lowest BCUT2D eigenvalue weighted by Crippen LogP contribution is -2.12. The minimum Gasteiger partial charge on any atom is -0.461 e. The molecule has 1 N–H and O–H groups in total. The molecule has 6 heteroatoms. The predicted molar refractivity (Wildman–Crippen MR) is 113 cm³/mol. The maximum Gasteiger partial charge on any atom is 0.306 e. The van der Waals surface area contributed by atoms with Crippen LogP contribution in [0.15, 0.2) is 83.8 Å². The van der Waals surface area contributed by atoms with E-state index in [1.807, 2.05) is 37.3 Å². The Morgan fingerprint density at radius 1 is 0.862 bits per heavy atom. The molecule has 0 heterocycles. The quantitative estimate of drug-likeness (QED) is 0.557. The zero-order chi connectivity index (χ0) is 20.7. The maximum absolute atomic E-state index is 12.4. The van der Waals surface area contributed by atoms with Crippen molar-refractivity contribution in [3.63, 3.8) is 0 Å². The highest BCUT2D eigenvalue weighted by Crippen LogP contribution is 2.18. The van der Waals surface area contributed by atoms with Gasteiger partial charge in [-0.3, -0.25) is 9.52 Å². The van der Waals surface area contributed by atoms with Gasteiger partial charge in [0.25, 0.3) is 10.0 Å². The Kier molecular flexibility index (Phi) is 6.67. The van der Waals surface area contributed by atoms with E-state index in [0.717, 1.165) is 16.7 Å². The van der Waals surface area contributed by atoms with Crippen LogP contribution in [0.4, 0.5) is 5.69 Å². The standard InChI is InChI=1S/C23H23NO4S/c1-18-7-14-22(15-8-18)29(26,27)24-21-12-9-19(10-13-21)11-16-23(25)28-17-20-5-3-2-4-6-20/h2-10,12-15,24H,11,16-17H2,1H3. The molecule has 0 aliphatic rings. The Morgan fingerprint density at radius 2 is 1.52 bits per heavy atom. The molecule has 0 saturated carbocycles. The number of benzene rings is 3. The Balaban J connectivity index is 1.50. The van der Waals surface area contributed by atoms with E-state index in [1.54, 1.807) is 48.5 Å². The highest BCUT2D eigenvalue weighted by molar-refractivity contribution is 7.92. The molecular formula is C23H23NO4S. The molecule has 0 fully saturated rings. The number of carbonyl (C=O) groups is 1. The lowest BCUT2D eigenvalue weighted by Gasteiger charge is -2.09. The van der Waals surface area contributed by atoms with Crippen LogP contribution in [0.25, 0.3) is 0 Å². The summed E-state index contributed by atoms with van der Waals surface area (Å²) < 4.78 is 32.7. The van der Waals surface area contributed by atoms with Crippen molar-refractivity contribution in [3.8, 4) is 0 Å². The van der Waals surface area contributed by atoms with E-state index in [1.165, 1.54) is 0 Å². The molecule has 0 aliphatic heterocycles. The van der Waals surface area contributed by atoms with Crippen LogP contribution in [-0.4, -0.2) is 14.4 Å². The van der Waals surface area contributed by atoms with Gasteiger partial charge < -0.3 is 4.74 Å². The first kappa shape index (κ1) is 20.6. The summed E-state index contributed by atoms with van der Waals surface area (Å²) in [6, 6.07) is 23.2. The van der Waals surface area contributed by atoms with Gasteiger partial charge in [-0.05, 0) is 48.7 Å². The van der Waals surface area contributed by atoms with E-state index in [-0.39, 0.29) is 23.9 Å². The number of aryl methyl sites for hydroxylation is 2. The van der Waals surface area contributed by atoms with Gasteiger partial charge in [-0.1, -0.05) is 60.2 Å². The van der Waals surface area contributed by atoms with E-state index in [4.69, 9.17) is 4.74 Å². The fourth-order valence-corrected chi connectivity index (χ4v) is 3.79. The predicted octanol–water partition coefficient (Wildman–Crippen LogP) is 4.47. The summed E-state index contributed by atoms with van der Waals surface area (Å²) in [5.41, 5.74) is 3.35. The number of anilines is 1. The third-order valence-electron chi connectivity index (χ3n) is 4.40. The molecule has 0 saturated heterocycles. The summed E-state index contributed by atoms with van der Waals surface area (Å²) in [6.45, 7) is 2.17. The molecule has 0 aromatic heterocycles. The number of hydrogen-bond acceptors (Lipinski definition) is 4. The Bertz CT molecular complexity index is 1040. The van der Waals surface area contributed by atoms with Crippen molar-refractivity contribution in [1.82, 2.24) is 0 Å². The normalized spacial score (nSPS) is 11.1. The summed E-state index contributed by atoms with van der Waals surface area (Å²) in [6.07, 6.45) is 0.792. The first-order valence-electron chi connectivity index (χ1n) is 9.30. The van der Waals surface area contributed by atoms with Crippen LogP contribution in [0.3, 0.4) is 0 Å². The van der Waals surface area contributed by atoms with E-state index in [9.17, 15) is 13.2 Å². The van der Waals surface area contributed by atoms with Crippen LogP contribution in [0.5, 0.6) is 0 Å². The highest BCUT2D eigenvalue weighted by atomic mass is 32.2. The van der Waals surface area contributed by atoms with Crippen LogP contribution in [0.1, 0.15) is 23.1 Å². The zero-order valence-corrected chi connectivity index (χ0v) is 17.0. The SMILES string of the molecule is Cc1ccc(S(=O)(=O)Nc2ccc(CCC(=O)OCc3ccccc3)cc2)cc1. The van der Waals surface area contributed by atoms with Crippen LogP contribution in [-0.2, 0) is 32.6 Å². The summed E-state index contributed by atoms with van der Waals surface area (Å²) in [5, 5.41) is 0. The van der Waals surface area contributed by atoms with Gasteiger partial charge in [-0.15, -0.1) is 0 Å². The average Bonchev–Trinajstić information content (AvgIpc) is 2.72. The van der Waals surface area contributed by atoms with E-state index in [2.05, 4.69) is 4.72 Å². The smallest absolute Gasteiger partial charge is 0.306 e. The molecule has 150 valence electrons. The number of hydrogen-bond donors (Lipinski definition) is 1. The molecule has 0 aliphatic carbocycles. The summed E-state index contributed by atoms with van der Waals surface area (Å²) >= 11 is 0. The van der Waals surface area contributed by atoms with Crippen molar-refractivity contribution in [2.24, 2.45) is 0 Å². The lowest BCUT2D eigenvalue weighted by molar-refractivity contribution is -0.144. The minimum absolute atomic E-state index is 0.216.